The van der Waals surface area contributed by atoms with Gasteiger partial charge in [-0.1, -0.05) is 12.1 Å². The SMILES string of the molecule is c1cc(C2CC2)n(-c2ccc(C3CCCN3)cc2)n1. The maximum atomic E-state index is 4.48. The molecule has 98 valence electrons. The molecule has 19 heavy (non-hydrogen) atoms. The minimum Gasteiger partial charge on any atom is -0.310 e. The van der Waals surface area contributed by atoms with E-state index in [1.165, 1.54) is 42.6 Å². The zero-order valence-electron chi connectivity index (χ0n) is 11.0. The number of nitrogens with zero attached hydrogens (tertiary/aromatic N) is 2. The number of hydrogen-bond donors (Lipinski definition) is 1. The zero-order chi connectivity index (χ0) is 12.7. The molecule has 0 spiro atoms. The highest BCUT2D eigenvalue weighted by Crippen LogP contribution is 2.40. The summed E-state index contributed by atoms with van der Waals surface area (Å²) >= 11 is 0. The third-order valence-corrected chi connectivity index (χ3v) is 4.27. The van der Waals surface area contributed by atoms with Crippen LogP contribution in [0.3, 0.4) is 0 Å². The third-order valence-electron chi connectivity index (χ3n) is 4.27. The molecule has 2 fully saturated rings. The molecule has 3 nitrogen and oxygen atoms in total. The molecule has 3 heteroatoms. The molecule has 1 aromatic carbocycles. The molecule has 1 aliphatic heterocycles. The topological polar surface area (TPSA) is 29.9 Å². The number of hydrogen-bond acceptors (Lipinski definition) is 2. The Labute approximate surface area is 113 Å². The largest absolute Gasteiger partial charge is 0.310 e. The van der Waals surface area contributed by atoms with E-state index < -0.39 is 0 Å². The van der Waals surface area contributed by atoms with Gasteiger partial charge >= 0.3 is 0 Å². The molecule has 1 atom stereocenters. The van der Waals surface area contributed by atoms with Gasteiger partial charge in [0.1, 0.15) is 0 Å². The van der Waals surface area contributed by atoms with Crippen molar-refractivity contribution in [3.05, 3.63) is 47.8 Å². The highest BCUT2D eigenvalue weighted by molar-refractivity contribution is 5.38. The third kappa shape index (κ3) is 2.08. The van der Waals surface area contributed by atoms with Crippen LogP contribution in [0.25, 0.3) is 5.69 Å². The van der Waals surface area contributed by atoms with Gasteiger partial charge in [0.25, 0.3) is 0 Å². The average Bonchev–Trinajstić information content (AvgIpc) is 2.96. The second-order valence-electron chi connectivity index (χ2n) is 5.68. The summed E-state index contributed by atoms with van der Waals surface area (Å²) in [6.07, 6.45) is 7.09. The van der Waals surface area contributed by atoms with E-state index in [9.17, 15) is 0 Å². The van der Waals surface area contributed by atoms with Gasteiger partial charge in [0.05, 0.1) is 5.69 Å². The van der Waals surface area contributed by atoms with Crippen LogP contribution in [-0.2, 0) is 0 Å². The van der Waals surface area contributed by atoms with E-state index in [0.717, 1.165) is 12.5 Å². The van der Waals surface area contributed by atoms with Gasteiger partial charge in [-0.2, -0.15) is 5.10 Å². The van der Waals surface area contributed by atoms with Crippen molar-refractivity contribution in [1.82, 2.24) is 15.1 Å². The lowest BCUT2D eigenvalue weighted by molar-refractivity contribution is 0.647. The van der Waals surface area contributed by atoms with Gasteiger partial charge in [0, 0.05) is 23.9 Å². The first-order chi connectivity index (χ1) is 9.42. The Morgan fingerprint density at radius 2 is 1.89 bits per heavy atom. The Morgan fingerprint density at radius 3 is 2.58 bits per heavy atom. The van der Waals surface area contributed by atoms with Gasteiger partial charge in [0.2, 0.25) is 0 Å². The number of nitrogens with one attached hydrogen (secondary N) is 1. The first-order valence-electron chi connectivity index (χ1n) is 7.29. The number of benzene rings is 1. The highest BCUT2D eigenvalue weighted by atomic mass is 15.3. The summed E-state index contributed by atoms with van der Waals surface area (Å²) in [6.45, 7) is 1.15. The van der Waals surface area contributed by atoms with Crippen molar-refractivity contribution in [3.8, 4) is 5.69 Å². The zero-order valence-corrected chi connectivity index (χ0v) is 11.0. The highest BCUT2D eigenvalue weighted by Gasteiger charge is 2.27. The van der Waals surface area contributed by atoms with Gasteiger partial charge in [-0.25, -0.2) is 4.68 Å². The van der Waals surface area contributed by atoms with Crippen molar-refractivity contribution in [1.29, 1.82) is 0 Å². The lowest BCUT2D eigenvalue weighted by Crippen LogP contribution is -2.12. The van der Waals surface area contributed by atoms with Gasteiger partial charge in [0.15, 0.2) is 0 Å². The number of aromatic nitrogens is 2. The fraction of sp³-hybridized carbons (Fsp3) is 0.438. The molecule has 1 saturated carbocycles. The van der Waals surface area contributed by atoms with Crippen LogP contribution in [-0.4, -0.2) is 16.3 Å². The van der Waals surface area contributed by atoms with Crippen molar-refractivity contribution >= 4 is 0 Å². The fourth-order valence-corrected chi connectivity index (χ4v) is 3.03. The normalized spacial score (nSPS) is 22.8. The van der Waals surface area contributed by atoms with Gasteiger partial charge in [-0.15, -0.1) is 0 Å². The van der Waals surface area contributed by atoms with Gasteiger partial charge < -0.3 is 5.32 Å². The van der Waals surface area contributed by atoms with E-state index in [1.54, 1.807) is 0 Å². The average molecular weight is 253 g/mol. The molecule has 1 N–H and O–H groups in total. The molecule has 1 aliphatic carbocycles. The quantitative estimate of drug-likeness (QED) is 0.910. The first kappa shape index (κ1) is 11.2. The van der Waals surface area contributed by atoms with E-state index in [2.05, 4.69) is 45.4 Å². The van der Waals surface area contributed by atoms with Crippen LogP contribution in [0.1, 0.15) is 48.9 Å². The molecular formula is C16H19N3. The molecule has 0 radical (unpaired) electrons. The summed E-state index contributed by atoms with van der Waals surface area (Å²) in [5, 5.41) is 8.02. The maximum Gasteiger partial charge on any atom is 0.0649 e. The van der Waals surface area contributed by atoms with E-state index in [0.29, 0.717) is 6.04 Å². The lowest BCUT2D eigenvalue weighted by atomic mass is 10.1. The maximum absolute atomic E-state index is 4.48. The Hall–Kier alpha value is -1.61. The Balaban J connectivity index is 1.62. The van der Waals surface area contributed by atoms with Crippen LogP contribution in [0.15, 0.2) is 36.5 Å². The van der Waals surface area contributed by atoms with E-state index >= 15 is 0 Å². The minimum absolute atomic E-state index is 0.551. The monoisotopic (exact) mass is 253 g/mol. The van der Waals surface area contributed by atoms with Crippen molar-refractivity contribution in [2.45, 2.75) is 37.6 Å². The Morgan fingerprint density at radius 1 is 1.05 bits per heavy atom. The predicted octanol–water partition coefficient (Wildman–Crippen LogP) is 3.17. The summed E-state index contributed by atoms with van der Waals surface area (Å²) in [7, 11) is 0. The molecule has 1 aromatic heterocycles. The molecule has 2 heterocycles. The van der Waals surface area contributed by atoms with Gasteiger partial charge in [-0.05, 0) is 56.0 Å². The van der Waals surface area contributed by atoms with Crippen molar-refractivity contribution in [3.63, 3.8) is 0 Å². The van der Waals surface area contributed by atoms with E-state index in [4.69, 9.17) is 0 Å². The summed E-state index contributed by atoms with van der Waals surface area (Å²) in [5.41, 5.74) is 3.96. The van der Waals surface area contributed by atoms with Crippen LogP contribution in [0.5, 0.6) is 0 Å². The molecule has 0 amide bonds. The summed E-state index contributed by atoms with van der Waals surface area (Å²) < 4.78 is 2.10. The second kappa shape index (κ2) is 4.49. The van der Waals surface area contributed by atoms with Crippen LogP contribution in [0.4, 0.5) is 0 Å². The van der Waals surface area contributed by atoms with Crippen molar-refractivity contribution in [2.24, 2.45) is 0 Å². The lowest BCUT2D eigenvalue weighted by Gasteiger charge is -2.12. The predicted molar refractivity (Wildman–Crippen MR) is 75.5 cm³/mol. The van der Waals surface area contributed by atoms with E-state index in [1.807, 2.05) is 6.20 Å². The van der Waals surface area contributed by atoms with Crippen molar-refractivity contribution in [2.75, 3.05) is 6.54 Å². The minimum atomic E-state index is 0.551. The number of rotatable bonds is 3. The molecule has 1 unspecified atom stereocenters. The Bertz CT molecular complexity index is 560. The molecule has 0 bridgehead atoms. The summed E-state index contributed by atoms with van der Waals surface area (Å²) in [6, 6.07) is 11.6. The van der Waals surface area contributed by atoms with Crippen LogP contribution in [0.2, 0.25) is 0 Å². The van der Waals surface area contributed by atoms with Crippen LogP contribution >= 0.6 is 0 Å². The Kier molecular flexibility index (Phi) is 2.66. The molecule has 1 saturated heterocycles. The van der Waals surface area contributed by atoms with Gasteiger partial charge in [-0.3, -0.25) is 0 Å². The summed E-state index contributed by atoms with van der Waals surface area (Å²) in [5.74, 6) is 0.735. The van der Waals surface area contributed by atoms with Crippen LogP contribution < -0.4 is 5.32 Å². The standard InChI is InChI=1S/C16H19N3/c1-2-15(17-10-1)12-5-7-14(8-6-12)19-16(9-11-18-19)13-3-4-13/h5-9,11,13,15,17H,1-4,10H2. The smallest absolute Gasteiger partial charge is 0.0649 e. The van der Waals surface area contributed by atoms with Crippen LogP contribution in [0, 0.1) is 0 Å². The van der Waals surface area contributed by atoms with E-state index in [-0.39, 0.29) is 0 Å². The molecule has 4 rings (SSSR count). The second-order valence-corrected chi connectivity index (χ2v) is 5.68. The fourth-order valence-electron chi connectivity index (χ4n) is 3.03. The molecular weight excluding hydrogens is 234 g/mol. The molecule has 2 aliphatic rings. The summed E-state index contributed by atoms with van der Waals surface area (Å²) in [4.78, 5) is 0. The molecule has 2 aromatic rings. The first-order valence-corrected chi connectivity index (χ1v) is 7.29. The van der Waals surface area contributed by atoms with Crippen molar-refractivity contribution < 1.29 is 0 Å².